The van der Waals surface area contributed by atoms with Gasteiger partial charge in [0.15, 0.2) is 29.1 Å². The fraction of sp³-hybridized carbons (Fsp3) is 0.706. The van der Waals surface area contributed by atoms with E-state index in [0.717, 1.165) is 0 Å². The summed E-state index contributed by atoms with van der Waals surface area (Å²) in [4.78, 5) is 28.7. The summed E-state index contributed by atoms with van der Waals surface area (Å²) in [6, 6.07) is 0. The number of fused-ring (bicyclic) bond motifs is 3. The third-order valence-electron chi connectivity index (χ3n) is 4.51. The molecule has 28 heavy (non-hydrogen) atoms. The van der Waals surface area contributed by atoms with Crippen molar-refractivity contribution in [3.63, 3.8) is 0 Å². The van der Waals surface area contributed by atoms with E-state index in [4.69, 9.17) is 23.7 Å². The number of nitrogens with one attached hydrogen (secondary N) is 2. The predicted octanol–water partition coefficient (Wildman–Crippen LogP) is 0.594. The number of amides is 2. The van der Waals surface area contributed by atoms with Crippen LogP contribution in [0.1, 0.15) is 27.7 Å². The second-order valence-electron chi connectivity index (χ2n) is 7.69. The molecule has 5 atom stereocenters. The molecule has 5 unspecified atom stereocenters. The molecule has 4 heterocycles. The number of aromatic nitrogens is 1. The summed E-state index contributed by atoms with van der Waals surface area (Å²) in [5.41, 5.74) is 0. The molecule has 0 spiro atoms. The van der Waals surface area contributed by atoms with E-state index >= 15 is 0 Å². The van der Waals surface area contributed by atoms with Crippen LogP contribution in [-0.2, 0) is 33.3 Å². The Balaban J connectivity index is 1.42. The van der Waals surface area contributed by atoms with Gasteiger partial charge in [0.25, 0.3) is 5.91 Å². The van der Waals surface area contributed by atoms with Crippen LogP contribution in [0.2, 0.25) is 0 Å². The van der Waals surface area contributed by atoms with E-state index in [2.05, 4.69) is 15.6 Å². The lowest BCUT2D eigenvalue weighted by Crippen LogP contribution is -2.59. The van der Waals surface area contributed by atoms with Crippen LogP contribution in [-0.4, -0.2) is 65.6 Å². The molecule has 0 saturated carbocycles. The van der Waals surface area contributed by atoms with Gasteiger partial charge in [-0.25, -0.2) is 4.98 Å². The van der Waals surface area contributed by atoms with Gasteiger partial charge in [0, 0.05) is 11.6 Å². The lowest BCUT2D eigenvalue weighted by Gasteiger charge is -2.36. The first-order valence-corrected chi connectivity index (χ1v) is 9.85. The molecule has 10 nitrogen and oxygen atoms in total. The summed E-state index contributed by atoms with van der Waals surface area (Å²) in [7, 11) is 0. The maximum atomic E-state index is 12.7. The topological polar surface area (TPSA) is 117 Å². The average molecular weight is 413 g/mol. The van der Waals surface area contributed by atoms with Crippen LogP contribution < -0.4 is 10.6 Å². The molecule has 0 aromatic carbocycles. The van der Waals surface area contributed by atoms with E-state index in [9.17, 15) is 9.59 Å². The normalized spacial score (nSPS) is 35.1. The van der Waals surface area contributed by atoms with Gasteiger partial charge in [-0.05, 0) is 27.7 Å². The van der Waals surface area contributed by atoms with Crippen LogP contribution in [0.15, 0.2) is 11.6 Å². The summed E-state index contributed by atoms with van der Waals surface area (Å²) in [6.45, 7) is 6.83. The fourth-order valence-electron chi connectivity index (χ4n) is 3.54. The molecule has 0 bridgehead atoms. The molecule has 3 saturated heterocycles. The van der Waals surface area contributed by atoms with Crippen molar-refractivity contribution < 1.29 is 33.3 Å². The van der Waals surface area contributed by atoms with Crippen molar-refractivity contribution in [3.8, 4) is 0 Å². The summed E-state index contributed by atoms with van der Waals surface area (Å²) < 4.78 is 29.4. The average Bonchev–Trinajstić information content (AvgIpc) is 3.27. The summed E-state index contributed by atoms with van der Waals surface area (Å²) in [5.74, 6) is -2.64. The minimum absolute atomic E-state index is 0.225. The molecule has 11 heteroatoms. The van der Waals surface area contributed by atoms with Gasteiger partial charge < -0.3 is 34.3 Å². The lowest BCUT2D eigenvalue weighted by atomic mass is 9.98. The van der Waals surface area contributed by atoms with Gasteiger partial charge >= 0.3 is 0 Å². The van der Waals surface area contributed by atoms with Gasteiger partial charge in [-0.3, -0.25) is 9.59 Å². The number of anilines is 1. The van der Waals surface area contributed by atoms with Crippen LogP contribution in [0, 0.1) is 0 Å². The first-order valence-electron chi connectivity index (χ1n) is 8.97. The fourth-order valence-corrected chi connectivity index (χ4v) is 4.09. The Bertz CT molecular complexity index is 754. The minimum atomic E-state index is -1.00. The molecule has 3 aliphatic heterocycles. The van der Waals surface area contributed by atoms with Crippen LogP contribution >= 0.6 is 11.3 Å². The van der Waals surface area contributed by atoms with Gasteiger partial charge in [0.1, 0.15) is 18.3 Å². The summed E-state index contributed by atoms with van der Waals surface area (Å²) >= 11 is 1.29. The summed E-state index contributed by atoms with van der Waals surface area (Å²) in [6.07, 6.45) is -1.92. The SMILES string of the molecule is CC1(C)OC2OC(C(=O)NCC(=O)Nc3nccs3)C3OC(C)(C)OC3C2O1. The molecule has 3 aliphatic rings. The second-order valence-corrected chi connectivity index (χ2v) is 8.59. The third-order valence-corrected chi connectivity index (χ3v) is 5.20. The maximum absolute atomic E-state index is 12.7. The third kappa shape index (κ3) is 3.91. The van der Waals surface area contributed by atoms with Gasteiger partial charge in [-0.15, -0.1) is 11.3 Å². The molecular weight excluding hydrogens is 390 g/mol. The van der Waals surface area contributed by atoms with Crippen LogP contribution in [0.25, 0.3) is 0 Å². The highest BCUT2D eigenvalue weighted by Crippen LogP contribution is 2.44. The highest BCUT2D eigenvalue weighted by molar-refractivity contribution is 7.13. The first kappa shape index (κ1) is 19.7. The first-order chi connectivity index (χ1) is 13.1. The molecule has 0 aliphatic carbocycles. The van der Waals surface area contributed by atoms with E-state index in [-0.39, 0.29) is 12.5 Å². The number of nitrogens with zero attached hydrogens (tertiary/aromatic N) is 1. The Hall–Kier alpha value is -1.63. The van der Waals surface area contributed by atoms with Crippen molar-refractivity contribution in [3.05, 3.63) is 11.6 Å². The van der Waals surface area contributed by atoms with Gasteiger partial charge in [0.2, 0.25) is 5.91 Å². The van der Waals surface area contributed by atoms with E-state index in [1.165, 1.54) is 11.3 Å². The zero-order chi connectivity index (χ0) is 20.1. The number of thiazole rings is 1. The van der Waals surface area contributed by atoms with Crippen molar-refractivity contribution in [1.29, 1.82) is 0 Å². The number of hydrogen-bond acceptors (Lipinski definition) is 9. The van der Waals surface area contributed by atoms with Crippen molar-refractivity contribution >= 4 is 28.3 Å². The maximum Gasteiger partial charge on any atom is 0.252 e. The molecular formula is C17H23N3O7S. The molecule has 154 valence electrons. The molecule has 0 radical (unpaired) electrons. The number of carbonyl (C=O) groups is 2. The molecule has 1 aromatic rings. The van der Waals surface area contributed by atoms with Crippen LogP contribution in [0.5, 0.6) is 0 Å². The van der Waals surface area contributed by atoms with Crippen LogP contribution in [0.3, 0.4) is 0 Å². The number of ether oxygens (including phenoxy) is 5. The van der Waals surface area contributed by atoms with E-state index in [1.807, 2.05) is 0 Å². The minimum Gasteiger partial charge on any atom is -0.345 e. The molecule has 3 fully saturated rings. The smallest absolute Gasteiger partial charge is 0.252 e. The molecule has 4 rings (SSSR count). The number of hydrogen-bond donors (Lipinski definition) is 2. The van der Waals surface area contributed by atoms with Crippen molar-refractivity contribution in [2.75, 3.05) is 11.9 Å². The molecule has 2 N–H and O–H groups in total. The van der Waals surface area contributed by atoms with E-state index < -0.39 is 48.2 Å². The predicted molar refractivity (Wildman–Crippen MR) is 96.3 cm³/mol. The Kier molecular flexibility index (Phi) is 4.92. The highest BCUT2D eigenvalue weighted by Gasteiger charge is 2.62. The Labute approximate surface area is 165 Å². The largest absolute Gasteiger partial charge is 0.345 e. The quantitative estimate of drug-likeness (QED) is 0.737. The van der Waals surface area contributed by atoms with Gasteiger partial charge in [-0.1, -0.05) is 0 Å². The molecule has 2 amide bonds. The lowest BCUT2D eigenvalue weighted by molar-refractivity contribution is -0.231. The number of carbonyl (C=O) groups excluding carboxylic acids is 2. The second kappa shape index (κ2) is 7.01. The number of rotatable bonds is 4. The van der Waals surface area contributed by atoms with Gasteiger partial charge in [-0.2, -0.15) is 0 Å². The zero-order valence-corrected chi connectivity index (χ0v) is 16.8. The van der Waals surface area contributed by atoms with E-state index in [0.29, 0.717) is 5.13 Å². The van der Waals surface area contributed by atoms with Gasteiger partial charge in [0.05, 0.1) is 6.54 Å². The highest BCUT2D eigenvalue weighted by atomic mass is 32.1. The van der Waals surface area contributed by atoms with Crippen molar-refractivity contribution in [2.45, 2.75) is 70.0 Å². The Morgan fingerprint density at radius 3 is 2.46 bits per heavy atom. The standard InChI is InChI=1S/C17H23N3O7S/c1-16(2)24-9-10(25-16)12-14(27-17(3,4)26-12)23-11(9)13(22)19-7-8(21)20-15-18-5-6-28-15/h5-6,9-12,14H,7H2,1-4H3,(H,19,22)(H,18,20,21). The Morgan fingerprint density at radius 2 is 1.75 bits per heavy atom. The Morgan fingerprint density at radius 1 is 1.07 bits per heavy atom. The molecule has 1 aromatic heterocycles. The van der Waals surface area contributed by atoms with E-state index in [1.54, 1.807) is 39.3 Å². The van der Waals surface area contributed by atoms with Crippen molar-refractivity contribution in [2.24, 2.45) is 0 Å². The zero-order valence-electron chi connectivity index (χ0n) is 16.0. The van der Waals surface area contributed by atoms with Crippen LogP contribution in [0.4, 0.5) is 5.13 Å². The summed E-state index contributed by atoms with van der Waals surface area (Å²) in [5, 5.41) is 7.38. The van der Waals surface area contributed by atoms with Crippen molar-refractivity contribution in [1.82, 2.24) is 10.3 Å². The monoisotopic (exact) mass is 413 g/mol.